The molecule has 1 aliphatic carbocycles. The molecule has 1 atom stereocenters. The fourth-order valence-electron chi connectivity index (χ4n) is 3.39. The SMILES string of the molecule is COCCNCC(Cc1ccc(Cl)cc1)CC1CCCC1. The molecule has 3 heteroatoms. The van der Waals surface area contributed by atoms with Gasteiger partial charge in [0.1, 0.15) is 0 Å². The van der Waals surface area contributed by atoms with Crippen LogP contribution in [0.4, 0.5) is 0 Å². The van der Waals surface area contributed by atoms with Crippen LogP contribution < -0.4 is 5.32 Å². The minimum atomic E-state index is 0.714. The molecule has 1 aliphatic rings. The summed E-state index contributed by atoms with van der Waals surface area (Å²) in [5.41, 5.74) is 1.40. The summed E-state index contributed by atoms with van der Waals surface area (Å²) in [7, 11) is 1.76. The Morgan fingerprint density at radius 1 is 1.24 bits per heavy atom. The first-order valence-electron chi connectivity index (χ1n) is 8.22. The van der Waals surface area contributed by atoms with Gasteiger partial charge in [-0.25, -0.2) is 0 Å². The van der Waals surface area contributed by atoms with Gasteiger partial charge in [0.25, 0.3) is 0 Å². The maximum atomic E-state index is 5.98. The van der Waals surface area contributed by atoms with Crippen LogP contribution in [0.2, 0.25) is 5.02 Å². The summed E-state index contributed by atoms with van der Waals surface area (Å²) in [6.45, 7) is 2.82. The Labute approximate surface area is 134 Å². The fourth-order valence-corrected chi connectivity index (χ4v) is 3.52. The Morgan fingerprint density at radius 2 is 1.95 bits per heavy atom. The molecular weight excluding hydrogens is 282 g/mol. The van der Waals surface area contributed by atoms with Crippen molar-refractivity contribution in [3.63, 3.8) is 0 Å². The van der Waals surface area contributed by atoms with Gasteiger partial charge in [0.2, 0.25) is 0 Å². The van der Waals surface area contributed by atoms with Gasteiger partial charge in [-0.2, -0.15) is 0 Å². The molecule has 0 aliphatic heterocycles. The average Bonchev–Trinajstić information content (AvgIpc) is 2.99. The molecule has 1 aromatic rings. The van der Waals surface area contributed by atoms with Crippen molar-refractivity contribution in [2.24, 2.45) is 11.8 Å². The molecule has 2 nitrogen and oxygen atoms in total. The van der Waals surface area contributed by atoms with Crippen molar-refractivity contribution in [3.8, 4) is 0 Å². The third-order valence-corrected chi connectivity index (χ3v) is 4.75. The standard InChI is InChI=1S/C18H28ClNO/c1-21-11-10-20-14-17(12-15-4-2-3-5-15)13-16-6-8-18(19)9-7-16/h6-9,15,17,20H,2-5,10-14H2,1H3. The molecule has 0 radical (unpaired) electrons. The zero-order valence-electron chi connectivity index (χ0n) is 13.1. The quantitative estimate of drug-likeness (QED) is 0.686. The lowest BCUT2D eigenvalue weighted by atomic mass is 9.88. The molecule has 0 amide bonds. The lowest BCUT2D eigenvalue weighted by Gasteiger charge is -2.21. The number of benzene rings is 1. The number of ether oxygens (including phenoxy) is 1. The summed E-state index contributed by atoms with van der Waals surface area (Å²) < 4.78 is 5.11. The van der Waals surface area contributed by atoms with Crippen molar-refractivity contribution < 1.29 is 4.74 Å². The summed E-state index contributed by atoms with van der Waals surface area (Å²) in [4.78, 5) is 0. The number of methoxy groups -OCH3 is 1. The van der Waals surface area contributed by atoms with E-state index in [1.807, 2.05) is 12.1 Å². The third kappa shape index (κ3) is 6.37. The molecule has 21 heavy (non-hydrogen) atoms. The van der Waals surface area contributed by atoms with Gasteiger partial charge in [0.05, 0.1) is 6.61 Å². The van der Waals surface area contributed by atoms with Gasteiger partial charge < -0.3 is 10.1 Å². The molecule has 2 rings (SSSR count). The molecule has 0 bridgehead atoms. The fraction of sp³-hybridized carbons (Fsp3) is 0.667. The minimum Gasteiger partial charge on any atom is -0.383 e. The summed E-state index contributed by atoms with van der Waals surface area (Å²) in [6, 6.07) is 8.34. The second-order valence-corrected chi connectivity index (χ2v) is 6.72. The zero-order chi connectivity index (χ0) is 14.9. The van der Waals surface area contributed by atoms with Gasteiger partial charge in [-0.15, -0.1) is 0 Å². The highest BCUT2D eigenvalue weighted by Crippen LogP contribution is 2.31. The van der Waals surface area contributed by atoms with Gasteiger partial charge in [-0.1, -0.05) is 49.4 Å². The largest absolute Gasteiger partial charge is 0.383 e. The Bertz CT molecular complexity index is 387. The van der Waals surface area contributed by atoms with Crippen LogP contribution in [0.1, 0.15) is 37.7 Å². The molecule has 1 fully saturated rings. The van der Waals surface area contributed by atoms with Crippen molar-refractivity contribution >= 4 is 11.6 Å². The molecule has 118 valence electrons. The second kappa shape index (κ2) is 9.45. The predicted octanol–water partition coefficient (Wildman–Crippen LogP) is 4.32. The van der Waals surface area contributed by atoms with Crippen molar-refractivity contribution in [3.05, 3.63) is 34.9 Å². The number of rotatable bonds is 9. The van der Waals surface area contributed by atoms with Crippen LogP contribution in [0.15, 0.2) is 24.3 Å². The second-order valence-electron chi connectivity index (χ2n) is 6.28. The predicted molar refractivity (Wildman–Crippen MR) is 90.0 cm³/mol. The molecule has 0 aromatic heterocycles. The maximum absolute atomic E-state index is 5.98. The molecule has 0 heterocycles. The lowest BCUT2D eigenvalue weighted by Crippen LogP contribution is -2.28. The molecule has 1 aromatic carbocycles. The van der Waals surface area contributed by atoms with E-state index in [9.17, 15) is 0 Å². The first-order chi connectivity index (χ1) is 10.3. The van der Waals surface area contributed by atoms with Crippen LogP contribution in [0.25, 0.3) is 0 Å². The van der Waals surface area contributed by atoms with E-state index >= 15 is 0 Å². The van der Waals surface area contributed by atoms with Gasteiger partial charge in [0.15, 0.2) is 0 Å². The summed E-state index contributed by atoms with van der Waals surface area (Å²) in [6.07, 6.45) is 8.20. The average molecular weight is 310 g/mol. The Balaban J connectivity index is 1.85. The van der Waals surface area contributed by atoms with Crippen molar-refractivity contribution in [2.75, 3.05) is 26.8 Å². The van der Waals surface area contributed by atoms with Gasteiger partial charge in [0, 0.05) is 18.7 Å². The number of hydrogen-bond donors (Lipinski definition) is 1. The first-order valence-corrected chi connectivity index (χ1v) is 8.60. The van der Waals surface area contributed by atoms with Crippen LogP contribution in [-0.2, 0) is 11.2 Å². The highest BCUT2D eigenvalue weighted by atomic mass is 35.5. The van der Waals surface area contributed by atoms with Crippen LogP contribution in [0.5, 0.6) is 0 Å². The van der Waals surface area contributed by atoms with E-state index in [4.69, 9.17) is 16.3 Å². The molecule has 0 spiro atoms. The Morgan fingerprint density at radius 3 is 2.62 bits per heavy atom. The summed E-state index contributed by atoms with van der Waals surface area (Å²) >= 11 is 5.98. The van der Waals surface area contributed by atoms with Crippen LogP contribution in [0.3, 0.4) is 0 Å². The minimum absolute atomic E-state index is 0.714. The van der Waals surface area contributed by atoms with Gasteiger partial charge in [-0.3, -0.25) is 0 Å². The topological polar surface area (TPSA) is 21.3 Å². The van der Waals surface area contributed by atoms with Crippen molar-refractivity contribution in [1.29, 1.82) is 0 Å². The van der Waals surface area contributed by atoms with Crippen molar-refractivity contribution in [1.82, 2.24) is 5.32 Å². The van der Waals surface area contributed by atoms with Crippen LogP contribution in [0, 0.1) is 11.8 Å². The normalized spacial score (nSPS) is 17.2. The molecule has 0 saturated heterocycles. The molecule has 1 unspecified atom stereocenters. The number of nitrogens with one attached hydrogen (secondary N) is 1. The monoisotopic (exact) mass is 309 g/mol. The van der Waals surface area contributed by atoms with E-state index in [1.165, 1.54) is 37.7 Å². The lowest BCUT2D eigenvalue weighted by molar-refractivity contribution is 0.196. The van der Waals surface area contributed by atoms with Crippen LogP contribution in [-0.4, -0.2) is 26.8 Å². The van der Waals surface area contributed by atoms with E-state index < -0.39 is 0 Å². The van der Waals surface area contributed by atoms with E-state index in [1.54, 1.807) is 7.11 Å². The maximum Gasteiger partial charge on any atom is 0.0587 e. The Kier molecular flexibility index (Phi) is 7.56. The number of halogens is 1. The van der Waals surface area contributed by atoms with Crippen LogP contribution >= 0.6 is 11.6 Å². The van der Waals surface area contributed by atoms with Gasteiger partial charge in [-0.05, 0) is 48.9 Å². The van der Waals surface area contributed by atoms with E-state index in [0.29, 0.717) is 5.92 Å². The van der Waals surface area contributed by atoms with Crippen molar-refractivity contribution in [2.45, 2.75) is 38.5 Å². The molecular formula is C18H28ClNO. The smallest absolute Gasteiger partial charge is 0.0587 e. The van der Waals surface area contributed by atoms with E-state index in [2.05, 4.69) is 17.4 Å². The highest BCUT2D eigenvalue weighted by molar-refractivity contribution is 6.30. The van der Waals surface area contributed by atoms with E-state index in [0.717, 1.165) is 37.1 Å². The summed E-state index contributed by atoms with van der Waals surface area (Å²) in [5, 5.41) is 4.36. The van der Waals surface area contributed by atoms with E-state index in [-0.39, 0.29) is 0 Å². The summed E-state index contributed by atoms with van der Waals surface area (Å²) in [5.74, 6) is 1.65. The zero-order valence-corrected chi connectivity index (χ0v) is 13.9. The van der Waals surface area contributed by atoms with Gasteiger partial charge >= 0.3 is 0 Å². The molecule has 1 saturated carbocycles. The number of hydrogen-bond acceptors (Lipinski definition) is 2. The third-order valence-electron chi connectivity index (χ3n) is 4.50. The first kappa shape index (κ1) is 16.8. The Hall–Kier alpha value is -0.570. The highest BCUT2D eigenvalue weighted by Gasteiger charge is 2.20. The molecule has 1 N–H and O–H groups in total.